The molecule has 0 amide bonds. The van der Waals surface area contributed by atoms with Crippen LogP contribution in [0, 0.1) is 5.92 Å². The zero-order valence-electron chi connectivity index (χ0n) is 15.5. The van der Waals surface area contributed by atoms with Gasteiger partial charge in [0.25, 0.3) is 0 Å². The van der Waals surface area contributed by atoms with Crippen molar-refractivity contribution in [2.24, 2.45) is 5.92 Å². The highest BCUT2D eigenvalue weighted by atomic mass is 19.2. The van der Waals surface area contributed by atoms with Crippen molar-refractivity contribution in [2.75, 3.05) is 0 Å². The second-order valence-electron chi connectivity index (χ2n) is 7.32. The van der Waals surface area contributed by atoms with Gasteiger partial charge in [-0.1, -0.05) is 51.0 Å². The van der Waals surface area contributed by atoms with Crippen LogP contribution in [0.2, 0.25) is 0 Å². The summed E-state index contributed by atoms with van der Waals surface area (Å²) in [5.74, 6) is -2.48. The summed E-state index contributed by atoms with van der Waals surface area (Å²) in [6, 6.07) is 8.17. The normalized spacial score (nSPS) is 24.0. The van der Waals surface area contributed by atoms with Crippen molar-refractivity contribution in [1.82, 2.24) is 0 Å². The summed E-state index contributed by atoms with van der Waals surface area (Å²) < 4.78 is 39.6. The monoisotopic (exact) mass is 350 g/mol. The fourth-order valence-electron chi connectivity index (χ4n) is 3.82. The highest BCUT2D eigenvalue weighted by molar-refractivity contribution is 5.32. The van der Waals surface area contributed by atoms with Crippen molar-refractivity contribution in [2.45, 2.75) is 71.1 Å². The van der Waals surface area contributed by atoms with E-state index < -0.39 is 17.5 Å². The van der Waals surface area contributed by atoms with Gasteiger partial charge in [-0.3, -0.25) is 0 Å². The van der Waals surface area contributed by atoms with Crippen LogP contribution >= 0.6 is 0 Å². The van der Waals surface area contributed by atoms with Crippen LogP contribution < -0.4 is 0 Å². The largest absolute Gasteiger partial charge is 0.209 e. The summed E-state index contributed by atoms with van der Waals surface area (Å²) in [4.78, 5) is 0. The molecule has 1 saturated carbocycles. The minimum absolute atomic E-state index is 0.306. The first-order valence-corrected chi connectivity index (χ1v) is 9.41. The molecular weight excluding hydrogens is 321 g/mol. The Hall–Kier alpha value is -1.51. The van der Waals surface area contributed by atoms with E-state index in [1.54, 1.807) is 6.92 Å². The highest BCUT2D eigenvalue weighted by Crippen LogP contribution is 2.38. The van der Waals surface area contributed by atoms with Crippen LogP contribution in [0.25, 0.3) is 0 Å². The van der Waals surface area contributed by atoms with Crippen molar-refractivity contribution in [3.05, 3.63) is 58.9 Å². The topological polar surface area (TPSA) is 0 Å². The Morgan fingerprint density at radius 3 is 2.20 bits per heavy atom. The summed E-state index contributed by atoms with van der Waals surface area (Å²) in [5.41, 5.74) is 2.24. The number of benzene rings is 1. The van der Waals surface area contributed by atoms with Crippen molar-refractivity contribution in [3.8, 4) is 0 Å². The first-order valence-electron chi connectivity index (χ1n) is 9.41. The molecule has 0 radical (unpaired) electrons. The molecule has 1 aliphatic carbocycles. The molecule has 0 aromatic heterocycles. The Bertz CT molecular complexity index is 601. The van der Waals surface area contributed by atoms with E-state index in [9.17, 15) is 13.2 Å². The lowest BCUT2D eigenvalue weighted by Gasteiger charge is -2.28. The number of rotatable bonds is 6. The Morgan fingerprint density at radius 1 is 1.08 bits per heavy atom. The molecule has 0 nitrogen and oxygen atoms in total. The smallest absolute Gasteiger partial charge is 0.189 e. The molecule has 2 rings (SSSR count). The van der Waals surface area contributed by atoms with Crippen LogP contribution in [0.3, 0.4) is 0 Å². The number of allylic oxidation sites excluding steroid dienone is 4. The Morgan fingerprint density at radius 2 is 1.68 bits per heavy atom. The van der Waals surface area contributed by atoms with Crippen molar-refractivity contribution >= 4 is 0 Å². The maximum atomic E-state index is 13.6. The van der Waals surface area contributed by atoms with Crippen LogP contribution in [0.15, 0.2) is 47.8 Å². The van der Waals surface area contributed by atoms with Crippen molar-refractivity contribution in [3.63, 3.8) is 0 Å². The number of hydrogen-bond acceptors (Lipinski definition) is 0. The molecule has 1 aromatic rings. The lowest BCUT2D eigenvalue weighted by molar-refractivity contribution is 0.308. The summed E-state index contributed by atoms with van der Waals surface area (Å²) in [7, 11) is 0. The van der Waals surface area contributed by atoms with Gasteiger partial charge in [-0.15, -0.1) is 0 Å². The van der Waals surface area contributed by atoms with E-state index in [1.807, 2.05) is 12.1 Å². The average Bonchev–Trinajstić information content (AvgIpc) is 2.62. The fourth-order valence-corrected chi connectivity index (χ4v) is 3.82. The van der Waals surface area contributed by atoms with Gasteiger partial charge in [0.05, 0.1) is 0 Å². The van der Waals surface area contributed by atoms with Gasteiger partial charge in [0, 0.05) is 5.92 Å². The molecule has 0 aliphatic heterocycles. The van der Waals surface area contributed by atoms with E-state index in [0.29, 0.717) is 5.92 Å². The zero-order chi connectivity index (χ0) is 18.4. The molecule has 1 aliphatic rings. The van der Waals surface area contributed by atoms with Gasteiger partial charge in [-0.05, 0) is 61.6 Å². The van der Waals surface area contributed by atoms with E-state index in [0.717, 1.165) is 24.5 Å². The third-order valence-corrected chi connectivity index (χ3v) is 5.39. The molecule has 0 N–H and O–H groups in total. The molecule has 0 heterocycles. The highest BCUT2D eigenvalue weighted by Gasteiger charge is 2.21. The summed E-state index contributed by atoms with van der Waals surface area (Å²) >= 11 is 0. The van der Waals surface area contributed by atoms with Crippen LogP contribution in [-0.4, -0.2) is 0 Å². The quantitative estimate of drug-likeness (QED) is 0.458. The molecule has 1 atom stereocenters. The van der Waals surface area contributed by atoms with E-state index in [4.69, 9.17) is 0 Å². The molecule has 138 valence electrons. The first kappa shape index (κ1) is 19.8. The van der Waals surface area contributed by atoms with Gasteiger partial charge >= 0.3 is 0 Å². The number of hydrogen-bond donors (Lipinski definition) is 0. The molecule has 0 saturated heterocycles. The van der Waals surface area contributed by atoms with Crippen molar-refractivity contribution in [1.29, 1.82) is 0 Å². The standard InChI is InChI=1S/C22H29F3/c1-4-5-17-6-8-19(9-7-17)20-12-10-18(11-13-20)15(2)14-21(24)22(25)16(3)23/h10-15,17,19H,4-9H2,1-3H3/b21-14+,22-16-/t15-,17?,19?/m1/s1. The van der Waals surface area contributed by atoms with Gasteiger partial charge < -0.3 is 0 Å². The second kappa shape index (κ2) is 9.26. The average molecular weight is 350 g/mol. The second-order valence-corrected chi connectivity index (χ2v) is 7.32. The Labute approximate surface area is 149 Å². The third-order valence-electron chi connectivity index (χ3n) is 5.39. The van der Waals surface area contributed by atoms with Crippen LogP contribution in [-0.2, 0) is 0 Å². The molecule has 1 fully saturated rings. The van der Waals surface area contributed by atoms with E-state index in [-0.39, 0.29) is 5.92 Å². The van der Waals surface area contributed by atoms with Gasteiger partial charge in [0.2, 0.25) is 0 Å². The first-order chi connectivity index (χ1) is 11.9. The van der Waals surface area contributed by atoms with E-state index in [2.05, 4.69) is 19.1 Å². The molecule has 1 aromatic carbocycles. The van der Waals surface area contributed by atoms with Crippen LogP contribution in [0.4, 0.5) is 13.2 Å². The molecule has 25 heavy (non-hydrogen) atoms. The zero-order valence-corrected chi connectivity index (χ0v) is 15.5. The minimum atomic E-state index is -1.41. The fraction of sp³-hybridized carbons (Fsp3) is 0.545. The van der Waals surface area contributed by atoms with E-state index in [1.165, 1.54) is 44.1 Å². The lowest BCUT2D eigenvalue weighted by atomic mass is 9.77. The van der Waals surface area contributed by atoms with Crippen LogP contribution in [0.1, 0.15) is 82.3 Å². The molecule has 0 spiro atoms. The van der Waals surface area contributed by atoms with Gasteiger partial charge in [-0.25, -0.2) is 13.2 Å². The number of halogens is 3. The predicted molar refractivity (Wildman–Crippen MR) is 98.6 cm³/mol. The molecule has 0 unspecified atom stereocenters. The Kier molecular flexibility index (Phi) is 7.34. The van der Waals surface area contributed by atoms with E-state index >= 15 is 0 Å². The van der Waals surface area contributed by atoms with Gasteiger partial charge in [-0.2, -0.15) is 0 Å². The Balaban J connectivity index is 2.00. The van der Waals surface area contributed by atoms with Crippen LogP contribution in [0.5, 0.6) is 0 Å². The van der Waals surface area contributed by atoms with Crippen molar-refractivity contribution < 1.29 is 13.2 Å². The molecular formula is C22H29F3. The maximum absolute atomic E-state index is 13.6. The van der Waals surface area contributed by atoms with Gasteiger partial charge in [0.15, 0.2) is 11.7 Å². The maximum Gasteiger partial charge on any atom is 0.189 e. The molecule has 3 heteroatoms. The third kappa shape index (κ3) is 5.49. The SMILES string of the molecule is CCCC1CCC(c2ccc([C@H](C)/C=C(F)\C(F)=C(/C)F)cc2)CC1. The predicted octanol–water partition coefficient (Wildman–Crippen LogP) is 7.89. The van der Waals surface area contributed by atoms with Gasteiger partial charge in [0.1, 0.15) is 5.83 Å². The summed E-state index contributed by atoms with van der Waals surface area (Å²) in [5, 5.41) is 0. The summed E-state index contributed by atoms with van der Waals surface area (Å²) in [6.07, 6.45) is 8.81. The minimum Gasteiger partial charge on any atom is -0.209 e. The lowest BCUT2D eigenvalue weighted by Crippen LogP contribution is -2.13. The summed E-state index contributed by atoms with van der Waals surface area (Å²) in [6.45, 7) is 4.95. The molecule has 0 bridgehead atoms.